The van der Waals surface area contributed by atoms with Crippen molar-refractivity contribution in [2.45, 2.75) is 26.7 Å². The first-order chi connectivity index (χ1) is 6.49. The fraction of sp³-hybridized carbons (Fsp3) is 0.600. The Hall–Kier alpha value is -1.32. The molecule has 2 N–H and O–H groups in total. The van der Waals surface area contributed by atoms with Crippen LogP contribution >= 0.6 is 0 Å². The summed E-state index contributed by atoms with van der Waals surface area (Å²) >= 11 is 0. The molecule has 0 bridgehead atoms. The number of primary amides is 1. The van der Waals surface area contributed by atoms with Gasteiger partial charge in [-0.1, -0.05) is 19.9 Å². The molecular weight excluding hydrogens is 180 g/mol. The van der Waals surface area contributed by atoms with Crippen LogP contribution in [0, 0.1) is 0 Å². The number of nitrogens with two attached hydrogens (primary N) is 1. The van der Waals surface area contributed by atoms with E-state index in [0.29, 0.717) is 12.1 Å². The lowest BCUT2D eigenvalue weighted by atomic mass is 10.2. The summed E-state index contributed by atoms with van der Waals surface area (Å²) in [6.45, 7) is 7.74. The van der Waals surface area contributed by atoms with Gasteiger partial charge in [0.1, 0.15) is 0 Å². The van der Waals surface area contributed by atoms with Crippen molar-refractivity contribution in [3.8, 4) is 0 Å². The van der Waals surface area contributed by atoms with E-state index in [9.17, 15) is 9.59 Å². The van der Waals surface area contributed by atoms with Crippen LogP contribution in [0.3, 0.4) is 0 Å². The Labute approximate surface area is 84.8 Å². The van der Waals surface area contributed by atoms with E-state index in [1.165, 1.54) is 4.90 Å². The summed E-state index contributed by atoms with van der Waals surface area (Å²) in [5.41, 5.74) is 5.47. The van der Waals surface area contributed by atoms with Crippen molar-refractivity contribution in [3.05, 3.63) is 12.2 Å². The largest absolute Gasteiger partial charge is 0.368 e. The van der Waals surface area contributed by atoms with Gasteiger partial charge in [-0.05, 0) is 13.3 Å². The second kappa shape index (κ2) is 6.18. The third-order valence-corrected chi connectivity index (χ3v) is 1.78. The minimum Gasteiger partial charge on any atom is -0.368 e. The van der Waals surface area contributed by atoms with E-state index in [-0.39, 0.29) is 12.5 Å². The van der Waals surface area contributed by atoms with Crippen molar-refractivity contribution in [1.29, 1.82) is 0 Å². The number of carbonyl (C=O) groups is 2. The molecule has 0 aromatic rings. The average molecular weight is 198 g/mol. The van der Waals surface area contributed by atoms with Gasteiger partial charge in [0.2, 0.25) is 11.8 Å². The fourth-order valence-corrected chi connectivity index (χ4v) is 1.06. The molecule has 0 aliphatic carbocycles. The maximum Gasteiger partial charge on any atom is 0.249 e. The molecule has 14 heavy (non-hydrogen) atoms. The number of unbranched alkanes of at least 4 members (excludes halogenated alkanes) is 1. The molecule has 80 valence electrons. The van der Waals surface area contributed by atoms with Crippen molar-refractivity contribution >= 4 is 11.8 Å². The first kappa shape index (κ1) is 12.7. The molecule has 0 aliphatic rings. The Morgan fingerprint density at radius 1 is 1.43 bits per heavy atom. The topological polar surface area (TPSA) is 63.4 Å². The Bertz CT molecular complexity index is 236. The lowest BCUT2D eigenvalue weighted by Gasteiger charge is -2.20. The molecular formula is C10H18N2O2. The highest BCUT2D eigenvalue weighted by atomic mass is 16.2. The first-order valence-electron chi connectivity index (χ1n) is 4.72. The van der Waals surface area contributed by atoms with Crippen LogP contribution in [0.25, 0.3) is 0 Å². The molecule has 0 radical (unpaired) electrons. The predicted octanol–water partition coefficient (Wildman–Crippen LogP) is 0.676. The Balaban J connectivity index is 4.30. The lowest BCUT2D eigenvalue weighted by molar-refractivity contribution is -0.132. The molecule has 0 heterocycles. The molecule has 0 unspecified atom stereocenters. The number of nitrogens with zero attached hydrogens (tertiary/aromatic N) is 1. The van der Waals surface area contributed by atoms with Crippen molar-refractivity contribution < 1.29 is 9.59 Å². The third kappa shape index (κ3) is 4.64. The van der Waals surface area contributed by atoms with Crippen molar-refractivity contribution in [3.63, 3.8) is 0 Å². The molecule has 0 aromatic heterocycles. The Morgan fingerprint density at radius 3 is 2.36 bits per heavy atom. The van der Waals surface area contributed by atoms with Crippen LogP contribution in [-0.2, 0) is 9.59 Å². The second-order valence-electron chi connectivity index (χ2n) is 3.33. The smallest absolute Gasteiger partial charge is 0.249 e. The van der Waals surface area contributed by atoms with Gasteiger partial charge in [0, 0.05) is 12.1 Å². The van der Waals surface area contributed by atoms with Crippen molar-refractivity contribution in [1.82, 2.24) is 4.90 Å². The zero-order valence-corrected chi connectivity index (χ0v) is 8.88. The van der Waals surface area contributed by atoms with Crippen LogP contribution in [0.2, 0.25) is 0 Å². The van der Waals surface area contributed by atoms with E-state index in [1.54, 1.807) is 6.92 Å². The van der Waals surface area contributed by atoms with Crippen LogP contribution in [0.5, 0.6) is 0 Å². The summed E-state index contributed by atoms with van der Waals surface area (Å²) in [4.78, 5) is 23.6. The van der Waals surface area contributed by atoms with Crippen LogP contribution in [0.15, 0.2) is 12.2 Å². The van der Waals surface area contributed by atoms with Gasteiger partial charge in [-0.25, -0.2) is 0 Å². The van der Waals surface area contributed by atoms with E-state index in [4.69, 9.17) is 5.73 Å². The Kier molecular flexibility index (Phi) is 5.60. The van der Waals surface area contributed by atoms with E-state index in [0.717, 1.165) is 12.8 Å². The van der Waals surface area contributed by atoms with E-state index in [2.05, 4.69) is 6.58 Å². The maximum atomic E-state index is 11.5. The summed E-state index contributed by atoms with van der Waals surface area (Å²) in [7, 11) is 0. The van der Waals surface area contributed by atoms with Crippen molar-refractivity contribution in [2.75, 3.05) is 13.1 Å². The van der Waals surface area contributed by atoms with Gasteiger partial charge in [0.25, 0.3) is 0 Å². The minimum absolute atomic E-state index is 0.0221. The third-order valence-electron chi connectivity index (χ3n) is 1.78. The van der Waals surface area contributed by atoms with E-state index in [1.807, 2.05) is 6.92 Å². The van der Waals surface area contributed by atoms with Crippen LogP contribution in [0.1, 0.15) is 26.7 Å². The summed E-state index contributed by atoms with van der Waals surface area (Å²) in [5, 5.41) is 0. The molecule has 2 amide bonds. The zero-order valence-electron chi connectivity index (χ0n) is 8.88. The van der Waals surface area contributed by atoms with E-state index >= 15 is 0 Å². The molecule has 0 aliphatic heterocycles. The van der Waals surface area contributed by atoms with E-state index < -0.39 is 5.91 Å². The predicted molar refractivity (Wildman–Crippen MR) is 55.5 cm³/mol. The molecule has 0 rings (SSSR count). The van der Waals surface area contributed by atoms with Gasteiger partial charge in [0.15, 0.2) is 0 Å². The molecule has 4 nitrogen and oxygen atoms in total. The number of hydrogen-bond donors (Lipinski definition) is 1. The average Bonchev–Trinajstić information content (AvgIpc) is 2.10. The summed E-state index contributed by atoms with van der Waals surface area (Å²) in [5.74, 6) is -0.687. The highest BCUT2D eigenvalue weighted by molar-refractivity contribution is 5.94. The summed E-state index contributed by atoms with van der Waals surface area (Å²) in [6.07, 6.45) is 1.84. The normalized spacial score (nSPS) is 9.57. The Morgan fingerprint density at radius 2 is 2.00 bits per heavy atom. The first-order valence-corrected chi connectivity index (χ1v) is 4.72. The standard InChI is InChI=1S/C10H18N2O2/c1-4-5-6-12(7-9(11)13)10(14)8(2)3/h2,4-7H2,1,3H3,(H2,11,13). The molecule has 0 fully saturated rings. The highest BCUT2D eigenvalue weighted by Gasteiger charge is 2.15. The minimum atomic E-state index is -0.490. The lowest BCUT2D eigenvalue weighted by Crippen LogP contribution is -2.39. The number of amides is 2. The fourth-order valence-electron chi connectivity index (χ4n) is 1.06. The molecule has 0 saturated carbocycles. The number of carbonyl (C=O) groups excluding carboxylic acids is 2. The van der Waals surface area contributed by atoms with Gasteiger partial charge >= 0.3 is 0 Å². The van der Waals surface area contributed by atoms with Crippen LogP contribution < -0.4 is 5.73 Å². The number of rotatable bonds is 6. The van der Waals surface area contributed by atoms with Crippen LogP contribution in [-0.4, -0.2) is 29.8 Å². The molecule has 0 spiro atoms. The summed E-state index contributed by atoms with van der Waals surface area (Å²) < 4.78 is 0. The van der Waals surface area contributed by atoms with Gasteiger partial charge in [-0.2, -0.15) is 0 Å². The SMILES string of the molecule is C=C(C)C(=O)N(CCCC)CC(N)=O. The van der Waals surface area contributed by atoms with Gasteiger partial charge in [-0.3, -0.25) is 9.59 Å². The molecule has 0 saturated heterocycles. The summed E-state index contributed by atoms with van der Waals surface area (Å²) in [6, 6.07) is 0. The monoisotopic (exact) mass is 198 g/mol. The van der Waals surface area contributed by atoms with Gasteiger partial charge < -0.3 is 10.6 Å². The molecule has 4 heteroatoms. The van der Waals surface area contributed by atoms with Crippen molar-refractivity contribution in [2.24, 2.45) is 5.73 Å². The quantitative estimate of drug-likeness (QED) is 0.638. The highest BCUT2D eigenvalue weighted by Crippen LogP contribution is 2.01. The zero-order chi connectivity index (χ0) is 11.1. The molecule has 0 aromatic carbocycles. The second-order valence-corrected chi connectivity index (χ2v) is 3.33. The van der Waals surface area contributed by atoms with Gasteiger partial charge in [0.05, 0.1) is 6.54 Å². The van der Waals surface area contributed by atoms with Crippen LogP contribution in [0.4, 0.5) is 0 Å². The number of hydrogen-bond acceptors (Lipinski definition) is 2. The molecule has 0 atom stereocenters. The maximum absolute atomic E-state index is 11.5. The van der Waals surface area contributed by atoms with Gasteiger partial charge in [-0.15, -0.1) is 0 Å².